The zero-order valence-corrected chi connectivity index (χ0v) is 20.6. The molecule has 4 rings (SSSR count). The van der Waals surface area contributed by atoms with Gasteiger partial charge in [0.1, 0.15) is 11.6 Å². The van der Waals surface area contributed by atoms with E-state index in [1.165, 1.54) is 12.1 Å². The van der Waals surface area contributed by atoms with Gasteiger partial charge in [-0.2, -0.15) is 0 Å². The number of hydrogen-bond acceptors (Lipinski definition) is 3. The van der Waals surface area contributed by atoms with Gasteiger partial charge in [-0.3, -0.25) is 9.59 Å². The zero-order valence-electron chi connectivity index (χ0n) is 19.8. The molecule has 2 aromatic carbocycles. The van der Waals surface area contributed by atoms with Crippen molar-refractivity contribution in [3.8, 4) is 5.75 Å². The van der Waals surface area contributed by atoms with E-state index in [1.54, 1.807) is 41.3 Å². The Morgan fingerprint density at radius 3 is 2.43 bits per heavy atom. The van der Waals surface area contributed by atoms with Crippen molar-refractivity contribution < 1.29 is 18.7 Å². The Morgan fingerprint density at radius 2 is 1.80 bits per heavy atom. The summed E-state index contributed by atoms with van der Waals surface area (Å²) in [4.78, 5) is 28.0. The summed E-state index contributed by atoms with van der Waals surface area (Å²) in [5, 5.41) is 3.66. The summed E-state index contributed by atoms with van der Waals surface area (Å²) in [6, 6.07) is 13.0. The zero-order chi connectivity index (χ0) is 24.8. The minimum Gasteiger partial charge on any atom is -0.484 e. The van der Waals surface area contributed by atoms with E-state index in [0.29, 0.717) is 55.6 Å². The molecule has 0 saturated carbocycles. The number of nitrogens with zero attached hydrogens (tertiary/aromatic N) is 1. The third kappa shape index (κ3) is 6.51. The second-order valence-corrected chi connectivity index (χ2v) is 9.79. The van der Waals surface area contributed by atoms with E-state index in [-0.39, 0.29) is 24.2 Å². The van der Waals surface area contributed by atoms with Crippen LogP contribution in [0.5, 0.6) is 5.75 Å². The van der Waals surface area contributed by atoms with Gasteiger partial charge in [0.25, 0.3) is 5.91 Å². The molecule has 1 saturated heterocycles. The fraction of sp³-hybridized carbons (Fsp3) is 0.357. The predicted octanol–water partition coefficient (Wildman–Crippen LogP) is 5.31. The van der Waals surface area contributed by atoms with Gasteiger partial charge < -0.3 is 15.0 Å². The van der Waals surface area contributed by atoms with E-state index in [9.17, 15) is 14.0 Å². The van der Waals surface area contributed by atoms with Crippen molar-refractivity contribution in [1.29, 1.82) is 0 Å². The van der Waals surface area contributed by atoms with Gasteiger partial charge in [-0.1, -0.05) is 54.5 Å². The number of nitrogens with one attached hydrogen (secondary N) is 1. The molecule has 1 heterocycles. The Morgan fingerprint density at radius 1 is 1.11 bits per heavy atom. The lowest BCUT2D eigenvalue weighted by Crippen LogP contribution is -2.51. The molecule has 7 heteroatoms. The van der Waals surface area contributed by atoms with Crippen LogP contribution in [0.1, 0.15) is 31.7 Å². The van der Waals surface area contributed by atoms with Crippen molar-refractivity contribution in [2.75, 3.05) is 19.7 Å². The lowest BCUT2D eigenvalue weighted by Gasteiger charge is -2.41. The summed E-state index contributed by atoms with van der Waals surface area (Å²) in [7, 11) is 0. The molecule has 2 amide bonds. The highest BCUT2D eigenvalue weighted by Gasteiger charge is 2.42. The minimum atomic E-state index is -0.603. The Balaban J connectivity index is 1.38. The average Bonchev–Trinajstić information content (AvgIpc) is 3.27. The van der Waals surface area contributed by atoms with Crippen molar-refractivity contribution in [2.24, 2.45) is 11.3 Å². The van der Waals surface area contributed by atoms with E-state index >= 15 is 0 Å². The molecule has 1 atom stereocenters. The number of likely N-dealkylation sites (tertiary alicyclic amines) is 1. The van der Waals surface area contributed by atoms with Crippen LogP contribution in [-0.2, 0) is 16.1 Å². The summed E-state index contributed by atoms with van der Waals surface area (Å²) in [6.07, 6.45) is 8.17. The molecule has 1 fully saturated rings. The SMILES string of the molecule is CC1C=CC(CC2(C(=O)NCc3ccc(F)cc3)CCN(C(=O)COc3ccc(Cl)cc3)CC2)=C1. The van der Waals surface area contributed by atoms with Gasteiger partial charge in [-0.25, -0.2) is 4.39 Å². The summed E-state index contributed by atoms with van der Waals surface area (Å²) >= 11 is 5.89. The monoisotopic (exact) mass is 496 g/mol. The Labute approximate surface area is 210 Å². The van der Waals surface area contributed by atoms with Gasteiger partial charge >= 0.3 is 0 Å². The molecule has 35 heavy (non-hydrogen) atoms. The molecule has 2 aliphatic rings. The summed E-state index contributed by atoms with van der Waals surface area (Å²) in [5.41, 5.74) is 1.39. The number of halogens is 2. The summed E-state index contributed by atoms with van der Waals surface area (Å²) < 4.78 is 18.8. The standard InChI is InChI=1S/C28H30ClFN2O3/c1-20-2-3-22(16-20)17-28(27(34)31-18-21-4-8-24(30)9-5-21)12-14-32(15-13-28)26(33)19-35-25-10-6-23(29)7-11-25/h2-11,16,20H,12-15,17-19H2,1H3,(H,31,34). The van der Waals surface area contributed by atoms with Crippen LogP contribution in [0.3, 0.4) is 0 Å². The highest BCUT2D eigenvalue weighted by molar-refractivity contribution is 6.30. The van der Waals surface area contributed by atoms with Gasteiger partial charge in [0.15, 0.2) is 6.61 Å². The number of rotatable bonds is 8. The quantitative estimate of drug-likeness (QED) is 0.539. The Kier molecular flexibility index (Phi) is 7.91. The summed E-state index contributed by atoms with van der Waals surface area (Å²) in [6.45, 7) is 3.37. The topological polar surface area (TPSA) is 58.6 Å². The predicted molar refractivity (Wildman–Crippen MR) is 134 cm³/mol. The van der Waals surface area contributed by atoms with Crippen LogP contribution in [0.15, 0.2) is 72.3 Å². The number of piperidine rings is 1. The molecule has 0 radical (unpaired) electrons. The maximum atomic E-state index is 13.5. The normalized spacial score (nSPS) is 18.8. The number of allylic oxidation sites excluding steroid dienone is 4. The third-order valence-corrected chi connectivity index (χ3v) is 6.98. The molecule has 0 bridgehead atoms. The van der Waals surface area contributed by atoms with Crippen LogP contribution in [0.4, 0.5) is 4.39 Å². The highest BCUT2D eigenvalue weighted by Crippen LogP contribution is 2.40. The average molecular weight is 497 g/mol. The molecule has 1 unspecified atom stereocenters. The Hall–Kier alpha value is -3.12. The lowest BCUT2D eigenvalue weighted by atomic mass is 9.72. The molecular formula is C28H30ClFN2O3. The molecule has 0 spiro atoms. The number of amides is 2. The smallest absolute Gasteiger partial charge is 0.260 e. The molecule has 1 N–H and O–H groups in total. The minimum absolute atomic E-state index is 0.0276. The van der Waals surface area contributed by atoms with Gasteiger partial charge in [0, 0.05) is 24.7 Å². The van der Waals surface area contributed by atoms with E-state index < -0.39 is 5.41 Å². The van der Waals surface area contributed by atoms with Crippen LogP contribution in [0.2, 0.25) is 5.02 Å². The molecule has 0 aromatic heterocycles. The number of carbonyl (C=O) groups excluding carboxylic acids is 2. The third-order valence-electron chi connectivity index (χ3n) is 6.73. The van der Waals surface area contributed by atoms with Gasteiger partial charge in [-0.15, -0.1) is 0 Å². The van der Waals surface area contributed by atoms with Crippen LogP contribution < -0.4 is 10.1 Å². The fourth-order valence-electron chi connectivity index (χ4n) is 4.64. The number of benzene rings is 2. The van der Waals surface area contributed by atoms with E-state index in [2.05, 4.69) is 30.5 Å². The second-order valence-electron chi connectivity index (χ2n) is 9.35. The maximum absolute atomic E-state index is 13.5. The van der Waals surface area contributed by atoms with E-state index in [0.717, 1.165) is 11.1 Å². The first-order valence-corrected chi connectivity index (χ1v) is 12.3. The highest BCUT2D eigenvalue weighted by atomic mass is 35.5. The molecule has 1 aliphatic heterocycles. The largest absolute Gasteiger partial charge is 0.484 e. The van der Waals surface area contributed by atoms with Crippen LogP contribution in [0.25, 0.3) is 0 Å². The van der Waals surface area contributed by atoms with Crippen LogP contribution >= 0.6 is 11.6 Å². The number of ether oxygens (including phenoxy) is 1. The first-order chi connectivity index (χ1) is 16.8. The van der Waals surface area contributed by atoms with Crippen molar-refractivity contribution in [3.63, 3.8) is 0 Å². The lowest BCUT2D eigenvalue weighted by molar-refractivity contribution is -0.141. The van der Waals surface area contributed by atoms with Gasteiger partial charge in [0.05, 0.1) is 5.41 Å². The van der Waals surface area contributed by atoms with Crippen molar-refractivity contribution in [1.82, 2.24) is 10.2 Å². The van der Waals surface area contributed by atoms with Gasteiger partial charge in [0.2, 0.25) is 5.91 Å². The number of hydrogen-bond donors (Lipinski definition) is 1. The molecule has 2 aromatic rings. The van der Waals surface area contributed by atoms with E-state index in [1.807, 2.05) is 0 Å². The van der Waals surface area contributed by atoms with Crippen LogP contribution in [0, 0.1) is 17.2 Å². The van der Waals surface area contributed by atoms with Crippen LogP contribution in [-0.4, -0.2) is 36.4 Å². The molecule has 184 valence electrons. The fourth-order valence-corrected chi connectivity index (χ4v) is 4.77. The van der Waals surface area contributed by atoms with E-state index in [4.69, 9.17) is 16.3 Å². The molecule has 1 aliphatic carbocycles. The number of carbonyl (C=O) groups is 2. The first kappa shape index (κ1) is 25.0. The van der Waals surface area contributed by atoms with Crippen molar-refractivity contribution >= 4 is 23.4 Å². The first-order valence-electron chi connectivity index (χ1n) is 11.9. The summed E-state index contributed by atoms with van der Waals surface area (Å²) in [5.74, 6) is 0.510. The maximum Gasteiger partial charge on any atom is 0.260 e. The molecule has 5 nitrogen and oxygen atoms in total. The van der Waals surface area contributed by atoms with Crippen molar-refractivity contribution in [2.45, 2.75) is 32.7 Å². The van der Waals surface area contributed by atoms with Gasteiger partial charge in [-0.05, 0) is 67.1 Å². The Bertz CT molecular complexity index is 1100. The second kappa shape index (κ2) is 11.1. The molecular weight excluding hydrogens is 467 g/mol. The van der Waals surface area contributed by atoms with Crippen molar-refractivity contribution in [3.05, 3.63) is 88.7 Å².